The van der Waals surface area contributed by atoms with E-state index in [0.717, 1.165) is 5.75 Å². The number of hydrogen-bond donors (Lipinski definition) is 2. The van der Waals surface area contributed by atoms with E-state index in [2.05, 4.69) is 5.32 Å². The highest BCUT2D eigenvalue weighted by Crippen LogP contribution is 2.16. The van der Waals surface area contributed by atoms with Crippen LogP contribution in [0.4, 0.5) is 5.69 Å². The van der Waals surface area contributed by atoms with Crippen molar-refractivity contribution in [3.05, 3.63) is 54.1 Å². The monoisotopic (exact) mass is 286 g/mol. The summed E-state index contributed by atoms with van der Waals surface area (Å²) in [6.45, 7) is 0.784. The van der Waals surface area contributed by atoms with Crippen molar-refractivity contribution in [3.8, 4) is 11.5 Å². The number of nitrogens with one attached hydrogen (secondary N) is 1. The Morgan fingerprint density at radius 3 is 2.57 bits per heavy atom. The van der Waals surface area contributed by atoms with Crippen molar-refractivity contribution >= 4 is 11.6 Å². The van der Waals surface area contributed by atoms with E-state index in [1.165, 1.54) is 7.11 Å². The Hall–Kier alpha value is -2.69. The fourth-order valence-corrected chi connectivity index (χ4v) is 1.82. The molecule has 0 saturated heterocycles. The van der Waals surface area contributed by atoms with Gasteiger partial charge in [0.2, 0.25) is 0 Å². The van der Waals surface area contributed by atoms with Gasteiger partial charge < -0.3 is 20.5 Å². The molecule has 1 amide bonds. The van der Waals surface area contributed by atoms with Crippen LogP contribution in [0.3, 0.4) is 0 Å². The fourth-order valence-electron chi connectivity index (χ4n) is 1.82. The van der Waals surface area contributed by atoms with E-state index in [0.29, 0.717) is 30.2 Å². The van der Waals surface area contributed by atoms with Gasteiger partial charge in [-0.25, -0.2) is 0 Å². The first kappa shape index (κ1) is 14.7. The number of nitrogens with two attached hydrogens (primary N) is 1. The number of hydrogen-bond acceptors (Lipinski definition) is 4. The summed E-state index contributed by atoms with van der Waals surface area (Å²) < 4.78 is 10.7. The quantitative estimate of drug-likeness (QED) is 0.630. The van der Waals surface area contributed by atoms with Crippen LogP contribution in [-0.4, -0.2) is 26.2 Å². The predicted octanol–water partition coefficient (Wildman–Crippen LogP) is 2.09. The van der Waals surface area contributed by atoms with Gasteiger partial charge in [-0.1, -0.05) is 12.1 Å². The number of amides is 1. The number of benzene rings is 2. The van der Waals surface area contributed by atoms with E-state index in [-0.39, 0.29) is 5.91 Å². The largest absolute Gasteiger partial charge is 0.496 e. The zero-order chi connectivity index (χ0) is 15.1. The molecule has 2 rings (SSSR count). The number of nitrogen functional groups attached to an aromatic ring is 1. The standard InChI is InChI=1S/C16H18N2O3/c1-20-15-5-3-2-4-14(15)16(19)18-10-11-21-13-8-6-12(17)7-9-13/h2-9H,10-11,17H2,1H3,(H,18,19). The molecule has 2 aromatic rings. The average molecular weight is 286 g/mol. The summed E-state index contributed by atoms with van der Waals surface area (Å²) in [5.41, 5.74) is 6.78. The minimum atomic E-state index is -0.187. The molecule has 0 aliphatic carbocycles. The van der Waals surface area contributed by atoms with Gasteiger partial charge in [-0.15, -0.1) is 0 Å². The molecule has 0 unspecified atom stereocenters. The van der Waals surface area contributed by atoms with E-state index < -0.39 is 0 Å². The second-order valence-corrected chi connectivity index (χ2v) is 4.37. The van der Waals surface area contributed by atoms with Crippen LogP contribution in [0, 0.1) is 0 Å². The summed E-state index contributed by atoms with van der Waals surface area (Å²) in [7, 11) is 1.54. The van der Waals surface area contributed by atoms with Crippen molar-refractivity contribution in [2.24, 2.45) is 0 Å². The van der Waals surface area contributed by atoms with Crippen LogP contribution in [0.15, 0.2) is 48.5 Å². The number of ether oxygens (including phenoxy) is 2. The molecular formula is C16H18N2O3. The highest BCUT2D eigenvalue weighted by Gasteiger charge is 2.10. The lowest BCUT2D eigenvalue weighted by Gasteiger charge is -2.10. The molecule has 5 heteroatoms. The average Bonchev–Trinajstić information content (AvgIpc) is 2.53. The molecule has 0 atom stereocenters. The Morgan fingerprint density at radius 1 is 1.14 bits per heavy atom. The van der Waals surface area contributed by atoms with E-state index in [1.807, 2.05) is 6.07 Å². The molecular weight excluding hydrogens is 268 g/mol. The predicted molar refractivity (Wildman–Crippen MR) is 81.7 cm³/mol. The van der Waals surface area contributed by atoms with Gasteiger partial charge >= 0.3 is 0 Å². The SMILES string of the molecule is COc1ccccc1C(=O)NCCOc1ccc(N)cc1. The lowest BCUT2D eigenvalue weighted by atomic mass is 10.2. The summed E-state index contributed by atoms with van der Waals surface area (Å²) >= 11 is 0. The summed E-state index contributed by atoms with van der Waals surface area (Å²) in [4.78, 5) is 12.0. The van der Waals surface area contributed by atoms with Crippen molar-refractivity contribution in [2.75, 3.05) is 26.0 Å². The number of methoxy groups -OCH3 is 1. The Bertz CT molecular complexity index is 597. The van der Waals surface area contributed by atoms with Crippen LogP contribution in [0.1, 0.15) is 10.4 Å². The fraction of sp³-hybridized carbons (Fsp3) is 0.188. The minimum Gasteiger partial charge on any atom is -0.496 e. The number of carbonyl (C=O) groups is 1. The van der Waals surface area contributed by atoms with E-state index in [1.54, 1.807) is 42.5 Å². The lowest BCUT2D eigenvalue weighted by Crippen LogP contribution is -2.28. The van der Waals surface area contributed by atoms with Crippen molar-refractivity contribution < 1.29 is 14.3 Å². The van der Waals surface area contributed by atoms with Crippen LogP contribution in [-0.2, 0) is 0 Å². The topological polar surface area (TPSA) is 73.6 Å². The van der Waals surface area contributed by atoms with Crippen LogP contribution < -0.4 is 20.5 Å². The second kappa shape index (κ2) is 7.19. The molecule has 0 heterocycles. The van der Waals surface area contributed by atoms with E-state index in [4.69, 9.17) is 15.2 Å². The number of para-hydroxylation sites is 1. The van der Waals surface area contributed by atoms with Crippen molar-refractivity contribution in [1.82, 2.24) is 5.32 Å². The lowest BCUT2D eigenvalue weighted by molar-refractivity contribution is 0.0944. The third-order valence-corrected chi connectivity index (χ3v) is 2.89. The molecule has 21 heavy (non-hydrogen) atoms. The number of anilines is 1. The second-order valence-electron chi connectivity index (χ2n) is 4.37. The molecule has 110 valence electrons. The van der Waals surface area contributed by atoms with Gasteiger partial charge in [0.15, 0.2) is 0 Å². The third kappa shape index (κ3) is 4.14. The van der Waals surface area contributed by atoms with Gasteiger partial charge in [0.05, 0.1) is 19.2 Å². The van der Waals surface area contributed by atoms with Gasteiger partial charge in [-0.05, 0) is 36.4 Å². The molecule has 0 aliphatic heterocycles. The van der Waals surface area contributed by atoms with Gasteiger partial charge in [0.25, 0.3) is 5.91 Å². The first-order chi connectivity index (χ1) is 10.2. The van der Waals surface area contributed by atoms with Crippen LogP contribution in [0.25, 0.3) is 0 Å². The number of carbonyl (C=O) groups excluding carboxylic acids is 1. The van der Waals surface area contributed by atoms with E-state index >= 15 is 0 Å². The minimum absolute atomic E-state index is 0.187. The van der Waals surface area contributed by atoms with Gasteiger partial charge in [0, 0.05) is 5.69 Å². The van der Waals surface area contributed by atoms with Gasteiger partial charge in [-0.3, -0.25) is 4.79 Å². The molecule has 0 fully saturated rings. The Balaban J connectivity index is 1.80. The molecule has 0 aromatic heterocycles. The molecule has 3 N–H and O–H groups in total. The van der Waals surface area contributed by atoms with Crippen molar-refractivity contribution in [3.63, 3.8) is 0 Å². The third-order valence-electron chi connectivity index (χ3n) is 2.89. The van der Waals surface area contributed by atoms with Gasteiger partial charge in [0.1, 0.15) is 18.1 Å². The van der Waals surface area contributed by atoms with E-state index in [9.17, 15) is 4.79 Å². The normalized spacial score (nSPS) is 9.95. The summed E-state index contributed by atoms with van der Waals surface area (Å²) in [5, 5.41) is 2.79. The molecule has 2 aromatic carbocycles. The molecule has 0 aliphatic rings. The Morgan fingerprint density at radius 2 is 1.86 bits per heavy atom. The molecule has 0 saturated carbocycles. The first-order valence-electron chi connectivity index (χ1n) is 6.60. The molecule has 0 radical (unpaired) electrons. The zero-order valence-corrected chi connectivity index (χ0v) is 11.8. The molecule has 5 nitrogen and oxygen atoms in total. The molecule has 0 bridgehead atoms. The Labute approximate surface area is 123 Å². The highest BCUT2D eigenvalue weighted by molar-refractivity contribution is 5.96. The summed E-state index contributed by atoms with van der Waals surface area (Å²) in [6.07, 6.45) is 0. The van der Waals surface area contributed by atoms with Gasteiger partial charge in [-0.2, -0.15) is 0 Å². The van der Waals surface area contributed by atoms with Crippen LogP contribution in [0.5, 0.6) is 11.5 Å². The summed E-state index contributed by atoms with van der Waals surface area (Å²) in [5.74, 6) is 1.08. The maximum absolute atomic E-state index is 12.0. The first-order valence-corrected chi connectivity index (χ1v) is 6.60. The maximum atomic E-state index is 12.0. The van der Waals surface area contributed by atoms with Crippen molar-refractivity contribution in [2.45, 2.75) is 0 Å². The summed E-state index contributed by atoms with van der Waals surface area (Å²) in [6, 6.07) is 14.2. The van der Waals surface area contributed by atoms with Crippen LogP contribution in [0.2, 0.25) is 0 Å². The number of rotatable bonds is 6. The molecule has 0 spiro atoms. The highest BCUT2D eigenvalue weighted by atomic mass is 16.5. The zero-order valence-electron chi connectivity index (χ0n) is 11.8. The van der Waals surface area contributed by atoms with Crippen molar-refractivity contribution in [1.29, 1.82) is 0 Å². The smallest absolute Gasteiger partial charge is 0.255 e. The Kier molecular flexibility index (Phi) is 5.04. The van der Waals surface area contributed by atoms with Crippen LogP contribution >= 0.6 is 0 Å². The maximum Gasteiger partial charge on any atom is 0.255 e.